The Labute approximate surface area is 114 Å². The van der Waals surface area contributed by atoms with Gasteiger partial charge in [-0.2, -0.15) is 5.26 Å². The summed E-state index contributed by atoms with van der Waals surface area (Å²) in [5, 5.41) is 17.6. The van der Waals surface area contributed by atoms with Crippen molar-refractivity contribution in [2.45, 2.75) is 13.2 Å². The third-order valence-corrected chi connectivity index (χ3v) is 2.66. The van der Waals surface area contributed by atoms with Crippen molar-refractivity contribution in [3.05, 3.63) is 64.7 Å². The molecule has 0 aliphatic carbocycles. The summed E-state index contributed by atoms with van der Waals surface area (Å²) in [7, 11) is 0. The average Bonchev–Trinajstić information content (AvgIpc) is 2.45. The fourth-order valence-electron chi connectivity index (χ4n) is 1.72. The average molecular weight is 275 g/mol. The van der Waals surface area contributed by atoms with Crippen LogP contribution in [0.25, 0.3) is 0 Å². The molecule has 102 valence electrons. The zero-order valence-corrected chi connectivity index (χ0v) is 10.4. The molecule has 0 aliphatic rings. The Kier molecular flexibility index (Phi) is 4.28. The number of aliphatic hydroxyl groups excluding tert-OH is 1. The highest BCUT2D eigenvalue weighted by molar-refractivity contribution is 5.34. The molecular weight excluding hydrogens is 264 g/mol. The van der Waals surface area contributed by atoms with Crippen LogP contribution >= 0.6 is 0 Å². The summed E-state index contributed by atoms with van der Waals surface area (Å²) in [6, 6.07) is 9.74. The predicted molar refractivity (Wildman–Crippen MR) is 67.8 cm³/mol. The van der Waals surface area contributed by atoms with E-state index in [-0.39, 0.29) is 24.5 Å². The van der Waals surface area contributed by atoms with Gasteiger partial charge >= 0.3 is 0 Å². The minimum Gasteiger partial charge on any atom is -0.486 e. The third-order valence-electron chi connectivity index (χ3n) is 2.66. The minimum absolute atomic E-state index is 0.00460. The van der Waals surface area contributed by atoms with Crippen molar-refractivity contribution in [2.24, 2.45) is 0 Å². The standard InChI is InChI=1S/C15H11F2NO2/c16-13-4-11(7-18)3-12(5-13)9-20-15-2-1-10(8-19)6-14(15)17/h1-6,19H,8-9H2. The Morgan fingerprint density at radius 2 is 1.90 bits per heavy atom. The molecule has 0 amide bonds. The molecule has 0 spiro atoms. The van der Waals surface area contributed by atoms with Gasteiger partial charge in [-0.05, 0) is 41.5 Å². The van der Waals surface area contributed by atoms with Gasteiger partial charge in [0.15, 0.2) is 11.6 Å². The number of halogens is 2. The SMILES string of the molecule is N#Cc1cc(F)cc(COc2ccc(CO)cc2F)c1. The first-order valence-corrected chi connectivity index (χ1v) is 5.84. The second kappa shape index (κ2) is 6.13. The quantitative estimate of drug-likeness (QED) is 0.933. The highest BCUT2D eigenvalue weighted by atomic mass is 19.1. The first-order chi connectivity index (χ1) is 9.62. The lowest BCUT2D eigenvalue weighted by Crippen LogP contribution is -1.99. The molecule has 5 heteroatoms. The molecule has 0 fully saturated rings. The summed E-state index contributed by atoms with van der Waals surface area (Å²) in [4.78, 5) is 0. The number of ether oxygens (including phenoxy) is 1. The van der Waals surface area contributed by atoms with Crippen LogP contribution in [0.5, 0.6) is 5.75 Å². The number of aliphatic hydroxyl groups is 1. The fourth-order valence-corrected chi connectivity index (χ4v) is 1.72. The van der Waals surface area contributed by atoms with Crippen LogP contribution in [0.4, 0.5) is 8.78 Å². The van der Waals surface area contributed by atoms with Gasteiger partial charge in [0.25, 0.3) is 0 Å². The van der Waals surface area contributed by atoms with Gasteiger partial charge in [0.1, 0.15) is 12.4 Å². The largest absolute Gasteiger partial charge is 0.486 e. The first-order valence-electron chi connectivity index (χ1n) is 5.84. The first kappa shape index (κ1) is 14.0. The van der Waals surface area contributed by atoms with Crippen molar-refractivity contribution < 1.29 is 18.6 Å². The van der Waals surface area contributed by atoms with Crippen LogP contribution in [0.2, 0.25) is 0 Å². The van der Waals surface area contributed by atoms with Crippen LogP contribution in [0.15, 0.2) is 36.4 Å². The Balaban J connectivity index is 2.13. The maximum Gasteiger partial charge on any atom is 0.165 e. The van der Waals surface area contributed by atoms with E-state index in [2.05, 4.69) is 0 Å². The summed E-state index contributed by atoms with van der Waals surface area (Å²) >= 11 is 0. The van der Waals surface area contributed by atoms with Crippen LogP contribution < -0.4 is 4.74 Å². The zero-order valence-electron chi connectivity index (χ0n) is 10.4. The second-order valence-corrected chi connectivity index (χ2v) is 4.17. The normalized spacial score (nSPS) is 10.1. The molecule has 0 unspecified atom stereocenters. The highest BCUT2D eigenvalue weighted by Crippen LogP contribution is 2.20. The number of benzene rings is 2. The monoisotopic (exact) mass is 275 g/mol. The van der Waals surface area contributed by atoms with Crippen molar-refractivity contribution >= 4 is 0 Å². The number of hydrogen-bond acceptors (Lipinski definition) is 3. The Morgan fingerprint density at radius 1 is 1.10 bits per heavy atom. The van der Waals surface area contributed by atoms with Gasteiger partial charge in [0.05, 0.1) is 18.2 Å². The van der Waals surface area contributed by atoms with Crippen molar-refractivity contribution in [2.75, 3.05) is 0 Å². The molecule has 0 aliphatic heterocycles. The topological polar surface area (TPSA) is 53.2 Å². The molecule has 0 saturated carbocycles. The van der Waals surface area contributed by atoms with Crippen LogP contribution in [0.3, 0.4) is 0 Å². The van der Waals surface area contributed by atoms with Crippen LogP contribution in [0, 0.1) is 23.0 Å². The maximum atomic E-state index is 13.6. The Bertz CT molecular complexity index is 665. The van der Waals surface area contributed by atoms with Gasteiger partial charge in [-0.15, -0.1) is 0 Å². The smallest absolute Gasteiger partial charge is 0.165 e. The van der Waals surface area contributed by atoms with Gasteiger partial charge in [0, 0.05) is 0 Å². The molecule has 0 aromatic heterocycles. The van der Waals surface area contributed by atoms with E-state index < -0.39 is 11.6 Å². The number of hydrogen-bond donors (Lipinski definition) is 1. The molecule has 0 bridgehead atoms. The van der Waals surface area contributed by atoms with Crippen LogP contribution in [-0.4, -0.2) is 5.11 Å². The van der Waals surface area contributed by atoms with Crippen LogP contribution in [0.1, 0.15) is 16.7 Å². The molecule has 0 atom stereocenters. The summed E-state index contributed by atoms with van der Waals surface area (Å²) in [5.41, 5.74) is 1.05. The van der Waals surface area contributed by atoms with Gasteiger partial charge in [-0.3, -0.25) is 0 Å². The van der Waals surface area contributed by atoms with E-state index in [9.17, 15) is 8.78 Å². The van der Waals surface area contributed by atoms with Gasteiger partial charge in [-0.25, -0.2) is 8.78 Å². The Morgan fingerprint density at radius 3 is 2.55 bits per heavy atom. The van der Waals surface area contributed by atoms with Crippen molar-refractivity contribution in [1.29, 1.82) is 5.26 Å². The molecule has 0 radical (unpaired) electrons. The molecular formula is C15H11F2NO2. The van der Waals surface area contributed by atoms with E-state index in [1.165, 1.54) is 30.3 Å². The van der Waals surface area contributed by atoms with Gasteiger partial charge in [0.2, 0.25) is 0 Å². The summed E-state index contributed by atoms with van der Waals surface area (Å²) < 4.78 is 32.1. The third kappa shape index (κ3) is 3.31. The van der Waals surface area contributed by atoms with Crippen molar-refractivity contribution in [1.82, 2.24) is 0 Å². The molecule has 3 nitrogen and oxygen atoms in total. The van der Waals surface area contributed by atoms with Gasteiger partial charge < -0.3 is 9.84 Å². The number of rotatable bonds is 4. The van der Waals surface area contributed by atoms with E-state index in [4.69, 9.17) is 15.1 Å². The lowest BCUT2D eigenvalue weighted by Gasteiger charge is -2.08. The summed E-state index contributed by atoms with van der Waals surface area (Å²) in [5.74, 6) is -1.14. The van der Waals surface area contributed by atoms with E-state index in [1.807, 2.05) is 6.07 Å². The van der Waals surface area contributed by atoms with E-state index in [1.54, 1.807) is 0 Å². The van der Waals surface area contributed by atoms with E-state index in [0.717, 1.165) is 6.07 Å². The molecule has 1 N–H and O–H groups in total. The zero-order chi connectivity index (χ0) is 14.5. The molecule has 2 aromatic rings. The number of nitrogens with zero attached hydrogens (tertiary/aromatic N) is 1. The molecule has 20 heavy (non-hydrogen) atoms. The Hall–Kier alpha value is -2.45. The molecule has 2 rings (SSSR count). The predicted octanol–water partition coefficient (Wildman–Crippen LogP) is 2.91. The molecule has 2 aromatic carbocycles. The van der Waals surface area contributed by atoms with E-state index in [0.29, 0.717) is 11.1 Å². The lowest BCUT2D eigenvalue weighted by molar-refractivity contribution is 0.276. The second-order valence-electron chi connectivity index (χ2n) is 4.17. The number of nitriles is 1. The summed E-state index contributed by atoms with van der Waals surface area (Å²) in [6.07, 6.45) is 0. The highest BCUT2D eigenvalue weighted by Gasteiger charge is 2.06. The van der Waals surface area contributed by atoms with Gasteiger partial charge in [-0.1, -0.05) is 6.07 Å². The molecule has 0 saturated heterocycles. The van der Waals surface area contributed by atoms with Crippen molar-refractivity contribution in [3.8, 4) is 11.8 Å². The lowest BCUT2D eigenvalue weighted by atomic mass is 10.1. The molecule has 0 heterocycles. The van der Waals surface area contributed by atoms with E-state index >= 15 is 0 Å². The van der Waals surface area contributed by atoms with Crippen molar-refractivity contribution in [3.63, 3.8) is 0 Å². The maximum absolute atomic E-state index is 13.6. The summed E-state index contributed by atoms with van der Waals surface area (Å²) in [6.45, 7) is -0.311. The minimum atomic E-state index is -0.603. The fraction of sp³-hybridized carbons (Fsp3) is 0.133. The van der Waals surface area contributed by atoms with Crippen LogP contribution in [-0.2, 0) is 13.2 Å².